The van der Waals surface area contributed by atoms with Crippen molar-refractivity contribution in [2.24, 2.45) is 5.73 Å². The summed E-state index contributed by atoms with van der Waals surface area (Å²) in [7, 11) is 0. The number of hydrogen-bond donors (Lipinski definition) is 2. The molecule has 0 unspecified atom stereocenters. The molecular formula is C15H22FN3O2. The van der Waals surface area contributed by atoms with Crippen molar-refractivity contribution in [3.05, 3.63) is 34.9 Å². The topological polar surface area (TPSA) is 67.6 Å². The molecule has 0 aliphatic carbocycles. The van der Waals surface area contributed by atoms with Crippen LogP contribution in [0, 0.1) is 0 Å². The number of halogens is 1. The molecule has 0 saturated heterocycles. The lowest BCUT2D eigenvalue weighted by molar-refractivity contribution is 0.0322. The number of nitrogens with two attached hydrogens (primary N) is 1. The fourth-order valence-corrected chi connectivity index (χ4v) is 2.30. The largest absolute Gasteiger partial charge is 0.443 e. The van der Waals surface area contributed by atoms with E-state index in [-0.39, 0.29) is 12.2 Å². The van der Waals surface area contributed by atoms with Gasteiger partial charge in [-0.15, -0.1) is 0 Å². The van der Waals surface area contributed by atoms with Crippen LogP contribution >= 0.6 is 0 Å². The fourth-order valence-electron chi connectivity index (χ4n) is 2.30. The lowest BCUT2D eigenvalue weighted by Crippen LogP contribution is -2.41. The number of carbonyl (C=O) groups is 1. The van der Waals surface area contributed by atoms with Crippen molar-refractivity contribution in [2.75, 3.05) is 19.6 Å². The quantitative estimate of drug-likeness (QED) is 0.778. The Balaban J connectivity index is 2.33. The SMILES string of the molecule is CC(C)(C)OC(=O)N1CC(N)=CC(F)=C1C1=CCNCC1. The van der Waals surface area contributed by atoms with Gasteiger partial charge in [-0.2, -0.15) is 0 Å². The summed E-state index contributed by atoms with van der Waals surface area (Å²) >= 11 is 0. The Morgan fingerprint density at radius 2 is 2.19 bits per heavy atom. The zero-order chi connectivity index (χ0) is 15.6. The van der Waals surface area contributed by atoms with Crippen LogP contribution in [0.4, 0.5) is 9.18 Å². The molecule has 0 aromatic rings. The molecule has 0 spiro atoms. The zero-order valence-electron chi connectivity index (χ0n) is 12.7. The molecule has 6 heteroatoms. The second-order valence-corrected chi connectivity index (χ2v) is 6.17. The number of allylic oxidation sites excluding steroid dienone is 3. The summed E-state index contributed by atoms with van der Waals surface area (Å²) < 4.78 is 19.7. The van der Waals surface area contributed by atoms with Gasteiger partial charge in [-0.05, 0) is 45.4 Å². The first-order chi connectivity index (χ1) is 9.78. The van der Waals surface area contributed by atoms with E-state index in [9.17, 15) is 9.18 Å². The molecule has 0 aromatic heterocycles. The number of ether oxygens (including phenoxy) is 1. The normalized spacial score (nSPS) is 20.1. The minimum atomic E-state index is -0.642. The van der Waals surface area contributed by atoms with Crippen molar-refractivity contribution in [1.82, 2.24) is 10.2 Å². The van der Waals surface area contributed by atoms with Gasteiger partial charge in [-0.1, -0.05) is 6.08 Å². The average molecular weight is 295 g/mol. The summed E-state index contributed by atoms with van der Waals surface area (Å²) in [6.07, 6.45) is 3.25. The van der Waals surface area contributed by atoms with Crippen LogP contribution in [0.5, 0.6) is 0 Å². The Labute approximate surface area is 124 Å². The third-order valence-electron chi connectivity index (χ3n) is 3.13. The number of nitrogens with one attached hydrogen (secondary N) is 1. The van der Waals surface area contributed by atoms with Crippen LogP contribution in [-0.2, 0) is 4.74 Å². The van der Waals surface area contributed by atoms with Crippen LogP contribution in [0.1, 0.15) is 27.2 Å². The first-order valence-corrected chi connectivity index (χ1v) is 7.04. The molecule has 0 aromatic carbocycles. The van der Waals surface area contributed by atoms with Gasteiger partial charge in [0.05, 0.1) is 12.2 Å². The second-order valence-electron chi connectivity index (χ2n) is 6.17. The smallest absolute Gasteiger partial charge is 0.415 e. The molecule has 2 aliphatic rings. The van der Waals surface area contributed by atoms with Crippen molar-refractivity contribution < 1.29 is 13.9 Å². The van der Waals surface area contributed by atoms with Crippen molar-refractivity contribution in [2.45, 2.75) is 32.8 Å². The summed E-state index contributed by atoms with van der Waals surface area (Å²) in [6, 6.07) is 0. The lowest BCUT2D eigenvalue weighted by Gasteiger charge is -2.33. The second kappa shape index (κ2) is 5.89. The van der Waals surface area contributed by atoms with Gasteiger partial charge in [0.15, 0.2) is 0 Å². The molecular weight excluding hydrogens is 273 g/mol. The number of hydrogen-bond acceptors (Lipinski definition) is 4. The Morgan fingerprint density at radius 3 is 2.76 bits per heavy atom. The van der Waals surface area contributed by atoms with E-state index in [1.807, 2.05) is 6.08 Å². The van der Waals surface area contributed by atoms with Crippen LogP contribution in [0.2, 0.25) is 0 Å². The van der Waals surface area contributed by atoms with Gasteiger partial charge in [0.1, 0.15) is 11.4 Å². The molecule has 0 saturated carbocycles. The van der Waals surface area contributed by atoms with Gasteiger partial charge in [-0.3, -0.25) is 4.90 Å². The van der Waals surface area contributed by atoms with Gasteiger partial charge < -0.3 is 15.8 Å². The van der Waals surface area contributed by atoms with E-state index in [4.69, 9.17) is 10.5 Å². The minimum absolute atomic E-state index is 0.141. The molecule has 2 heterocycles. The minimum Gasteiger partial charge on any atom is -0.443 e. The predicted octanol–water partition coefficient (Wildman–Crippen LogP) is 2.18. The summed E-state index contributed by atoms with van der Waals surface area (Å²) in [5.41, 5.74) is 6.46. The Kier molecular flexibility index (Phi) is 4.37. The Hall–Kier alpha value is -1.82. The highest BCUT2D eigenvalue weighted by atomic mass is 19.1. The van der Waals surface area contributed by atoms with Gasteiger partial charge in [0, 0.05) is 12.2 Å². The molecule has 1 amide bonds. The van der Waals surface area contributed by atoms with E-state index in [2.05, 4.69) is 5.32 Å². The third kappa shape index (κ3) is 3.85. The predicted molar refractivity (Wildman–Crippen MR) is 78.9 cm³/mol. The van der Waals surface area contributed by atoms with Crippen LogP contribution in [0.15, 0.2) is 34.9 Å². The first kappa shape index (κ1) is 15.6. The van der Waals surface area contributed by atoms with Crippen LogP contribution < -0.4 is 11.1 Å². The van der Waals surface area contributed by atoms with E-state index in [0.29, 0.717) is 18.7 Å². The van der Waals surface area contributed by atoms with Gasteiger partial charge >= 0.3 is 6.09 Å². The number of rotatable bonds is 1. The summed E-state index contributed by atoms with van der Waals surface area (Å²) in [5.74, 6) is -0.488. The van der Waals surface area contributed by atoms with Gasteiger partial charge in [0.25, 0.3) is 0 Å². The molecule has 0 bridgehead atoms. The number of carbonyl (C=O) groups excluding carboxylic acids is 1. The molecule has 2 rings (SSSR count). The van der Waals surface area contributed by atoms with Gasteiger partial charge in [-0.25, -0.2) is 9.18 Å². The lowest BCUT2D eigenvalue weighted by atomic mass is 10.0. The number of amides is 1. The zero-order valence-corrected chi connectivity index (χ0v) is 12.7. The molecule has 116 valence electrons. The highest BCUT2D eigenvalue weighted by Crippen LogP contribution is 2.30. The maximum Gasteiger partial charge on any atom is 0.415 e. The van der Waals surface area contributed by atoms with Crippen molar-refractivity contribution in [3.8, 4) is 0 Å². The molecule has 0 atom stereocenters. The van der Waals surface area contributed by atoms with E-state index in [0.717, 1.165) is 12.1 Å². The molecule has 21 heavy (non-hydrogen) atoms. The van der Waals surface area contributed by atoms with E-state index < -0.39 is 17.5 Å². The molecule has 3 N–H and O–H groups in total. The van der Waals surface area contributed by atoms with Gasteiger partial charge in [0.2, 0.25) is 0 Å². The maximum absolute atomic E-state index is 14.3. The molecule has 0 fully saturated rings. The Morgan fingerprint density at radius 1 is 1.48 bits per heavy atom. The van der Waals surface area contributed by atoms with Crippen molar-refractivity contribution >= 4 is 6.09 Å². The summed E-state index contributed by atoms with van der Waals surface area (Å²) in [4.78, 5) is 13.6. The summed E-state index contributed by atoms with van der Waals surface area (Å²) in [5, 5.41) is 3.16. The highest BCUT2D eigenvalue weighted by molar-refractivity contribution is 5.73. The maximum atomic E-state index is 14.3. The fraction of sp³-hybridized carbons (Fsp3) is 0.533. The standard InChI is InChI=1S/C15H22FN3O2/c1-15(2,3)21-14(20)19-9-11(17)8-12(16)13(19)10-4-6-18-7-5-10/h4,8,18H,5-7,9,17H2,1-3H3. The van der Waals surface area contributed by atoms with Crippen LogP contribution in [-0.4, -0.2) is 36.2 Å². The van der Waals surface area contributed by atoms with Crippen LogP contribution in [0.3, 0.4) is 0 Å². The van der Waals surface area contributed by atoms with Crippen LogP contribution in [0.25, 0.3) is 0 Å². The first-order valence-electron chi connectivity index (χ1n) is 7.04. The third-order valence-corrected chi connectivity index (χ3v) is 3.13. The number of nitrogens with zero attached hydrogens (tertiary/aromatic N) is 1. The Bertz CT molecular complexity index is 530. The highest BCUT2D eigenvalue weighted by Gasteiger charge is 2.31. The van der Waals surface area contributed by atoms with E-state index >= 15 is 0 Å². The average Bonchev–Trinajstić information content (AvgIpc) is 2.36. The molecule has 2 aliphatic heterocycles. The van der Waals surface area contributed by atoms with Crippen molar-refractivity contribution in [3.63, 3.8) is 0 Å². The molecule has 5 nitrogen and oxygen atoms in total. The monoisotopic (exact) mass is 295 g/mol. The summed E-state index contributed by atoms with van der Waals surface area (Å²) in [6.45, 7) is 6.88. The van der Waals surface area contributed by atoms with E-state index in [1.54, 1.807) is 20.8 Å². The van der Waals surface area contributed by atoms with E-state index in [1.165, 1.54) is 11.0 Å². The van der Waals surface area contributed by atoms with Crippen molar-refractivity contribution in [1.29, 1.82) is 0 Å². The molecule has 0 radical (unpaired) electrons.